The summed E-state index contributed by atoms with van der Waals surface area (Å²) in [5.74, 6) is -2.17. The Labute approximate surface area is 153 Å². The fourth-order valence-corrected chi connectivity index (χ4v) is 3.00. The minimum Gasteiger partial charge on any atom is -0.465 e. The van der Waals surface area contributed by atoms with Crippen LogP contribution in [0.15, 0.2) is 36.4 Å². The Kier molecular flexibility index (Phi) is 7.16. The van der Waals surface area contributed by atoms with Crippen molar-refractivity contribution in [3.63, 3.8) is 0 Å². The van der Waals surface area contributed by atoms with Crippen LogP contribution in [-0.4, -0.2) is 25.2 Å². The zero-order chi connectivity index (χ0) is 18.9. The lowest BCUT2D eigenvalue weighted by Crippen LogP contribution is -2.30. The number of esters is 2. The predicted molar refractivity (Wildman–Crippen MR) is 98.3 cm³/mol. The number of aryl methyl sites for hydroxylation is 1. The van der Waals surface area contributed by atoms with Crippen LogP contribution in [0.5, 0.6) is 0 Å². The highest BCUT2D eigenvalue weighted by Gasteiger charge is 2.31. The van der Waals surface area contributed by atoms with E-state index in [4.69, 9.17) is 14.7 Å². The lowest BCUT2D eigenvalue weighted by Gasteiger charge is -2.18. The van der Waals surface area contributed by atoms with Gasteiger partial charge in [0.25, 0.3) is 0 Å². The van der Waals surface area contributed by atoms with E-state index < -0.39 is 17.9 Å². The molecule has 0 aromatic heterocycles. The summed E-state index contributed by atoms with van der Waals surface area (Å²) in [6.45, 7) is 3.81. The van der Waals surface area contributed by atoms with E-state index >= 15 is 0 Å². The molecule has 0 aliphatic rings. The number of hydrogen-bond acceptors (Lipinski definition) is 5. The molecule has 2 aromatic rings. The van der Waals surface area contributed by atoms with Crippen LogP contribution in [0.25, 0.3) is 10.8 Å². The summed E-state index contributed by atoms with van der Waals surface area (Å²) in [6.07, 6.45) is 1.13. The summed E-state index contributed by atoms with van der Waals surface area (Å²) < 4.78 is 10.2. The molecule has 0 atom stereocenters. The normalized spacial score (nSPS) is 10.5. The Morgan fingerprint density at radius 1 is 1.04 bits per heavy atom. The second kappa shape index (κ2) is 9.57. The molecule has 0 N–H and O–H groups in total. The molecule has 136 valence electrons. The number of ether oxygens (including phenoxy) is 2. The highest BCUT2D eigenvalue weighted by Crippen LogP contribution is 2.27. The van der Waals surface area contributed by atoms with Crippen LogP contribution in [0.1, 0.15) is 31.4 Å². The van der Waals surface area contributed by atoms with Gasteiger partial charge in [0, 0.05) is 6.42 Å². The molecule has 0 heterocycles. The van der Waals surface area contributed by atoms with Gasteiger partial charge >= 0.3 is 11.9 Å². The van der Waals surface area contributed by atoms with Crippen molar-refractivity contribution in [1.82, 2.24) is 0 Å². The maximum Gasteiger partial charge on any atom is 0.320 e. The van der Waals surface area contributed by atoms with Crippen molar-refractivity contribution >= 4 is 22.7 Å². The maximum absolute atomic E-state index is 12.3. The van der Waals surface area contributed by atoms with E-state index in [1.54, 1.807) is 13.8 Å². The molecule has 26 heavy (non-hydrogen) atoms. The number of fused-ring (bicyclic) bond motifs is 1. The summed E-state index contributed by atoms with van der Waals surface area (Å²) in [4.78, 5) is 24.7. The van der Waals surface area contributed by atoms with E-state index in [0.717, 1.165) is 21.9 Å². The molecule has 0 fully saturated rings. The zero-order valence-corrected chi connectivity index (χ0v) is 15.2. The van der Waals surface area contributed by atoms with E-state index in [0.29, 0.717) is 12.8 Å². The van der Waals surface area contributed by atoms with Crippen molar-refractivity contribution in [3.8, 4) is 6.07 Å². The summed E-state index contributed by atoms with van der Waals surface area (Å²) in [7, 11) is 0. The first-order valence-electron chi connectivity index (χ1n) is 8.82. The van der Waals surface area contributed by atoms with E-state index in [9.17, 15) is 9.59 Å². The Balaban J connectivity index is 2.48. The average molecular weight is 353 g/mol. The van der Waals surface area contributed by atoms with Gasteiger partial charge in [-0.15, -0.1) is 0 Å². The molecule has 2 aromatic carbocycles. The van der Waals surface area contributed by atoms with E-state index in [1.165, 1.54) is 0 Å². The number of carbonyl (C=O) groups is 2. The topological polar surface area (TPSA) is 76.4 Å². The third kappa shape index (κ3) is 4.60. The minimum atomic E-state index is -1.01. The first-order chi connectivity index (χ1) is 12.6. The molecule has 0 bridgehead atoms. The number of nitriles is 1. The molecule has 0 saturated carbocycles. The molecule has 0 unspecified atom stereocenters. The molecule has 2 rings (SSSR count). The average Bonchev–Trinajstić information content (AvgIpc) is 2.65. The highest BCUT2D eigenvalue weighted by atomic mass is 16.6. The molecule has 5 nitrogen and oxygen atoms in total. The second-order valence-corrected chi connectivity index (χ2v) is 5.84. The van der Waals surface area contributed by atoms with Crippen molar-refractivity contribution in [2.24, 2.45) is 5.92 Å². The van der Waals surface area contributed by atoms with Gasteiger partial charge < -0.3 is 9.47 Å². The van der Waals surface area contributed by atoms with Gasteiger partial charge in [0.05, 0.1) is 19.3 Å². The fraction of sp³-hybridized carbons (Fsp3) is 0.381. The second-order valence-electron chi connectivity index (χ2n) is 5.84. The number of hydrogen-bond donors (Lipinski definition) is 0. The third-order valence-corrected chi connectivity index (χ3v) is 4.19. The number of benzene rings is 2. The third-order valence-electron chi connectivity index (χ3n) is 4.19. The van der Waals surface area contributed by atoms with Crippen LogP contribution < -0.4 is 0 Å². The van der Waals surface area contributed by atoms with Gasteiger partial charge in [-0.3, -0.25) is 9.59 Å². The molecule has 0 aliphatic carbocycles. The lowest BCUT2D eigenvalue weighted by molar-refractivity contribution is -0.161. The zero-order valence-electron chi connectivity index (χ0n) is 15.2. The summed E-state index contributed by atoms with van der Waals surface area (Å²) in [6, 6.07) is 13.9. The molecule has 0 saturated heterocycles. The van der Waals surface area contributed by atoms with Crippen LogP contribution in [0.2, 0.25) is 0 Å². The molecular weight excluding hydrogens is 330 g/mol. The Bertz CT molecular complexity index is 804. The number of carbonyl (C=O) groups excluding carboxylic acids is 2. The highest BCUT2D eigenvalue weighted by molar-refractivity contribution is 5.96. The first-order valence-corrected chi connectivity index (χ1v) is 8.82. The predicted octanol–water partition coefficient (Wildman–Crippen LogP) is 3.58. The van der Waals surface area contributed by atoms with Crippen molar-refractivity contribution in [3.05, 3.63) is 47.5 Å². The Morgan fingerprint density at radius 3 is 2.31 bits per heavy atom. The molecular formula is C21H23NO4. The van der Waals surface area contributed by atoms with E-state index in [1.807, 2.05) is 36.4 Å². The van der Waals surface area contributed by atoms with Crippen LogP contribution in [0.3, 0.4) is 0 Å². The summed E-state index contributed by atoms with van der Waals surface area (Å²) >= 11 is 0. The summed E-state index contributed by atoms with van der Waals surface area (Å²) in [5.41, 5.74) is 1.85. The summed E-state index contributed by atoms with van der Waals surface area (Å²) in [5, 5.41) is 10.9. The van der Waals surface area contributed by atoms with E-state index in [2.05, 4.69) is 6.07 Å². The molecule has 0 radical (unpaired) electrons. The quantitative estimate of drug-likeness (QED) is 0.535. The van der Waals surface area contributed by atoms with Gasteiger partial charge in [0.15, 0.2) is 5.92 Å². The smallest absolute Gasteiger partial charge is 0.320 e. The minimum absolute atomic E-state index is 0.194. The van der Waals surface area contributed by atoms with Crippen molar-refractivity contribution in [2.75, 3.05) is 13.2 Å². The van der Waals surface area contributed by atoms with Gasteiger partial charge in [-0.1, -0.05) is 36.4 Å². The largest absolute Gasteiger partial charge is 0.465 e. The SMILES string of the molecule is CCOC(=O)C(Cc1c(CCC#N)ccc2ccccc12)C(=O)OCC. The van der Waals surface area contributed by atoms with Gasteiger partial charge in [-0.2, -0.15) is 5.26 Å². The molecule has 0 amide bonds. The number of nitrogens with zero attached hydrogens (tertiary/aromatic N) is 1. The Hall–Kier alpha value is -2.87. The number of rotatable bonds is 8. The van der Waals surface area contributed by atoms with Crippen molar-refractivity contribution in [2.45, 2.75) is 33.1 Å². The van der Waals surface area contributed by atoms with Gasteiger partial charge in [-0.05, 0) is 48.6 Å². The van der Waals surface area contributed by atoms with Gasteiger partial charge in [0.1, 0.15) is 0 Å². The van der Waals surface area contributed by atoms with Gasteiger partial charge in [0.2, 0.25) is 0 Å². The van der Waals surface area contributed by atoms with Crippen molar-refractivity contribution in [1.29, 1.82) is 5.26 Å². The van der Waals surface area contributed by atoms with Crippen LogP contribution in [-0.2, 0) is 31.9 Å². The molecule has 0 spiro atoms. The van der Waals surface area contributed by atoms with Gasteiger partial charge in [-0.25, -0.2) is 0 Å². The Morgan fingerprint density at radius 2 is 1.69 bits per heavy atom. The first kappa shape index (κ1) is 19.5. The van der Waals surface area contributed by atoms with Crippen LogP contribution in [0.4, 0.5) is 0 Å². The van der Waals surface area contributed by atoms with Crippen molar-refractivity contribution < 1.29 is 19.1 Å². The fourth-order valence-electron chi connectivity index (χ4n) is 3.00. The van der Waals surface area contributed by atoms with Crippen LogP contribution >= 0.6 is 0 Å². The lowest BCUT2D eigenvalue weighted by atomic mass is 9.89. The molecule has 5 heteroatoms. The molecule has 0 aliphatic heterocycles. The monoisotopic (exact) mass is 353 g/mol. The maximum atomic E-state index is 12.3. The van der Waals surface area contributed by atoms with Crippen LogP contribution in [0, 0.1) is 17.2 Å². The standard InChI is InChI=1S/C21H23NO4/c1-3-25-20(23)19(21(24)26-4-2)14-18-16(9-7-13-22)12-11-15-8-5-6-10-17(15)18/h5-6,8,10-12,19H,3-4,7,9,14H2,1-2H3. The van der Waals surface area contributed by atoms with E-state index in [-0.39, 0.29) is 19.6 Å².